The zero-order valence-electron chi connectivity index (χ0n) is 21.2. The minimum Gasteiger partial charge on any atom is -0.376 e. The molecule has 1 unspecified atom stereocenters. The van der Waals surface area contributed by atoms with Crippen LogP contribution in [0.15, 0.2) is 54.9 Å². The maximum atomic E-state index is 13.0. The van der Waals surface area contributed by atoms with Gasteiger partial charge in [0.05, 0.1) is 17.8 Å². The Morgan fingerprint density at radius 2 is 1.89 bits per heavy atom. The highest BCUT2D eigenvalue weighted by molar-refractivity contribution is 7.15. The van der Waals surface area contributed by atoms with Crippen LogP contribution in [-0.4, -0.2) is 37.2 Å². The predicted octanol–water partition coefficient (Wildman–Crippen LogP) is 4.02. The molecule has 2 aliphatic rings. The number of carbonyl (C=O) groups excluding carboxylic acids is 2. The highest BCUT2D eigenvalue weighted by atomic mass is 32.1. The quantitative estimate of drug-likeness (QED) is 0.317. The summed E-state index contributed by atoms with van der Waals surface area (Å²) in [7, 11) is 0. The van der Waals surface area contributed by atoms with Crippen molar-refractivity contribution in [1.29, 1.82) is 0 Å². The lowest BCUT2D eigenvalue weighted by Gasteiger charge is -2.32. The van der Waals surface area contributed by atoms with Gasteiger partial charge in [0, 0.05) is 19.5 Å². The molecule has 196 valence electrons. The van der Waals surface area contributed by atoms with Crippen LogP contribution in [0.5, 0.6) is 0 Å². The molecule has 1 aliphatic heterocycles. The summed E-state index contributed by atoms with van der Waals surface area (Å²) in [4.78, 5) is 28.8. The lowest BCUT2D eigenvalue weighted by atomic mass is 9.88. The first-order chi connectivity index (χ1) is 18.5. The molecule has 0 radical (unpaired) electrons. The van der Waals surface area contributed by atoms with Crippen molar-refractivity contribution in [3.8, 4) is 0 Å². The monoisotopic (exact) mass is 530 g/mol. The number of pyridine rings is 1. The highest BCUT2D eigenvalue weighted by Crippen LogP contribution is 2.40. The van der Waals surface area contributed by atoms with E-state index in [-0.39, 0.29) is 18.2 Å². The zero-order valence-corrected chi connectivity index (χ0v) is 22.0. The van der Waals surface area contributed by atoms with Crippen molar-refractivity contribution >= 4 is 34.1 Å². The molecule has 1 aliphatic carbocycles. The minimum atomic E-state index is -0.711. The number of aromatic nitrogens is 5. The lowest BCUT2D eigenvalue weighted by Crippen LogP contribution is -2.42. The van der Waals surface area contributed by atoms with Gasteiger partial charge in [-0.15, -0.1) is 15.3 Å². The van der Waals surface area contributed by atoms with Gasteiger partial charge in [0.1, 0.15) is 10.5 Å². The summed E-state index contributed by atoms with van der Waals surface area (Å²) in [6, 6.07) is 7.76. The van der Waals surface area contributed by atoms with Crippen LogP contribution in [0.4, 0.5) is 10.9 Å². The maximum absolute atomic E-state index is 13.0. The molecule has 0 aromatic carbocycles. The number of amides is 2. The smallest absolute Gasteiger partial charge is 0.229 e. The van der Waals surface area contributed by atoms with E-state index in [9.17, 15) is 9.59 Å². The van der Waals surface area contributed by atoms with Crippen LogP contribution in [-0.2, 0) is 28.0 Å². The van der Waals surface area contributed by atoms with E-state index in [1.165, 1.54) is 36.7 Å². The fourth-order valence-electron chi connectivity index (χ4n) is 4.35. The molecular weight excluding hydrogens is 500 g/mol. The van der Waals surface area contributed by atoms with Gasteiger partial charge >= 0.3 is 0 Å². The highest BCUT2D eigenvalue weighted by Gasteiger charge is 2.34. The minimum absolute atomic E-state index is 0.158. The van der Waals surface area contributed by atoms with E-state index in [2.05, 4.69) is 42.4 Å². The first-order valence-corrected chi connectivity index (χ1v) is 13.6. The number of hydrogen-bond acceptors (Lipinski definition) is 9. The Kier molecular flexibility index (Phi) is 7.83. The Bertz CT molecular complexity index is 1330. The van der Waals surface area contributed by atoms with E-state index in [0.29, 0.717) is 16.9 Å². The molecule has 1 atom stereocenters. The first-order valence-electron chi connectivity index (χ1n) is 12.8. The topological polar surface area (TPSA) is 135 Å². The molecule has 3 N–H and O–H groups in total. The Hall–Kier alpha value is -3.99. The van der Waals surface area contributed by atoms with Crippen LogP contribution in [0.2, 0.25) is 0 Å². The molecule has 0 spiro atoms. The molecule has 1 fully saturated rings. The Balaban J connectivity index is 1.11. The second-order valence-electron chi connectivity index (χ2n) is 9.61. The van der Waals surface area contributed by atoms with Crippen molar-refractivity contribution in [1.82, 2.24) is 30.7 Å². The van der Waals surface area contributed by atoms with Gasteiger partial charge in [-0.25, -0.2) is 0 Å². The molecular formula is C27H30N8O2S. The van der Waals surface area contributed by atoms with E-state index in [0.717, 1.165) is 42.1 Å². The lowest BCUT2D eigenvalue weighted by molar-refractivity contribution is -0.117. The number of nitrogens with one attached hydrogen (secondary N) is 3. The zero-order chi connectivity index (χ0) is 26.4. The molecule has 3 aromatic heterocycles. The number of anilines is 2. The summed E-state index contributed by atoms with van der Waals surface area (Å²) in [5, 5.41) is 26.8. The molecule has 1 saturated carbocycles. The van der Waals surface area contributed by atoms with E-state index in [4.69, 9.17) is 4.98 Å². The van der Waals surface area contributed by atoms with Crippen LogP contribution >= 0.6 is 11.3 Å². The SMILES string of the molecule is CC(=O)Nc1ccc(CCCCc2nnc(NC(=O)CC3(c4ccc(C5CC5)cn4)C=CC=CN3)s2)nn1. The molecule has 2 amide bonds. The second kappa shape index (κ2) is 11.6. The Labute approximate surface area is 225 Å². The van der Waals surface area contributed by atoms with E-state index >= 15 is 0 Å². The van der Waals surface area contributed by atoms with Crippen molar-refractivity contribution in [3.63, 3.8) is 0 Å². The van der Waals surface area contributed by atoms with Gasteiger partial charge in [0.25, 0.3) is 0 Å². The molecule has 11 heteroatoms. The number of carbonyl (C=O) groups is 2. The summed E-state index contributed by atoms with van der Waals surface area (Å²) >= 11 is 1.39. The average Bonchev–Trinajstić information content (AvgIpc) is 3.68. The van der Waals surface area contributed by atoms with E-state index < -0.39 is 5.54 Å². The molecule has 0 bridgehead atoms. The standard InChI is InChI=1S/C27H30N8O2S/c1-18(36)30-23-13-11-21(32-33-23)6-2-3-7-25-34-35-26(38-25)31-24(37)16-27(14-4-5-15-29-27)22-12-10-20(17-28-22)19-8-9-19/h4-5,10-15,17,19,29H,2-3,6-9,16H2,1H3,(H,30,33,36)(H,31,35,37). The summed E-state index contributed by atoms with van der Waals surface area (Å²) in [5.74, 6) is 0.752. The summed E-state index contributed by atoms with van der Waals surface area (Å²) in [5.41, 5.74) is 2.23. The van der Waals surface area contributed by atoms with Gasteiger partial charge in [-0.2, -0.15) is 5.10 Å². The largest absolute Gasteiger partial charge is 0.376 e. The number of unbranched alkanes of at least 4 members (excludes halogenated alkanes) is 1. The number of rotatable bonds is 11. The van der Waals surface area contributed by atoms with Crippen LogP contribution < -0.4 is 16.0 Å². The molecule has 3 aromatic rings. The van der Waals surface area contributed by atoms with Crippen LogP contribution in [0.25, 0.3) is 0 Å². The van der Waals surface area contributed by atoms with E-state index in [1.807, 2.05) is 42.8 Å². The maximum Gasteiger partial charge on any atom is 0.229 e. The van der Waals surface area contributed by atoms with Gasteiger partial charge < -0.3 is 16.0 Å². The van der Waals surface area contributed by atoms with Gasteiger partial charge in [0.2, 0.25) is 16.9 Å². The molecule has 4 heterocycles. The fraction of sp³-hybridized carbons (Fsp3) is 0.370. The third-order valence-electron chi connectivity index (χ3n) is 6.47. The van der Waals surface area contributed by atoms with E-state index in [1.54, 1.807) is 6.07 Å². The van der Waals surface area contributed by atoms with Gasteiger partial charge in [-0.1, -0.05) is 29.6 Å². The molecule has 10 nitrogen and oxygen atoms in total. The van der Waals surface area contributed by atoms with Crippen molar-refractivity contribution < 1.29 is 9.59 Å². The number of hydrogen-bond donors (Lipinski definition) is 3. The normalized spacial score (nSPS) is 18.1. The van der Waals surface area contributed by atoms with Crippen LogP contribution in [0.1, 0.15) is 66.9 Å². The second-order valence-corrected chi connectivity index (χ2v) is 10.7. The Morgan fingerprint density at radius 1 is 1.03 bits per heavy atom. The molecule has 38 heavy (non-hydrogen) atoms. The third kappa shape index (κ3) is 6.65. The summed E-state index contributed by atoms with van der Waals surface area (Å²) in [6.45, 7) is 1.44. The third-order valence-corrected chi connectivity index (χ3v) is 7.37. The number of nitrogens with zero attached hydrogens (tertiary/aromatic N) is 5. The number of dihydropyridines is 1. The molecule has 5 rings (SSSR count). The van der Waals surface area contributed by atoms with Crippen LogP contribution in [0, 0.1) is 0 Å². The van der Waals surface area contributed by atoms with Gasteiger partial charge in [-0.3, -0.25) is 14.6 Å². The van der Waals surface area contributed by atoms with Crippen molar-refractivity contribution in [3.05, 3.63) is 76.8 Å². The average molecular weight is 531 g/mol. The van der Waals surface area contributed by atoms with Crippen molar-refractivity contribution in [2.24, 2.45) is 0 Å². The van der Waals surface area contributed by atoms with Crippen LogP contribution in [0.3, 0.4) is 0 Å². The predicted molar refractivity (Wildman–Crippen MR) is 145 cm³/mol. The van der Waals surface area contributed by atoms with Crippen molar-refractivity contribution in [2.45, 2.75) is 63.3 Å². The molecule has 0 saturated heterocycles. The fourth-order valence-corrected chi connectivity index (χ4v) is 5.15. The first kappa shape index (κ1) is 25.7. The number of aryl methyl sites for hydroxylation is 2. The summed E-state index contributed by atoms with van der Waals surface area (Å²) < 4.78 is 0. The number of allylic oxidation sites excluding steroid dienone is 2. The van der Waals surface area contributed by atoms with Crippen molar-refractivity contribution in [2.75, 3.05) is 10.6 Å². The summed E-state index contributed by atoms with van der Waals surface area (Å²) in [6.07, 6.45) is 15.6. The van der Waals surface area contributed by atoms with Gasteiger partial charge in [0.15, 0.2) is 5.82 Å². The Morgan fingerprint density at radius 3 is 2.58 bits per heavy atom. The van der Waals surface area contributed by atoms with Gasteiger partial charge in [-0.05, 0) is 74.1 Å².